The van der Waals surface area contributed by atoms with Crippen LogP contribution in [-0.4, -0.2) is 65.2 Å². The van der Waals surface area contributed by atoms with Gasteiger partial charge in [0.25, 0.3) is 0 Å². The molecule has 2 saturated heterocycles. The fraction of sp³-hybridized carbons (Fsp3) is 0.909. The van der Waals surface area contributed by atoms with Crippen LogP contribution in [0.15, 0.2) is 0 Å². The molecule has 2 unspecified atom stereocenters. The molecule has 6 rings (SSSR count). The molecule has 0 aromatic heterocycles. The van der Waals surface area contributed by atoms with Gasteiger partial charge in [0.05, 0.1) is 11.5 Å². The van der Waals surface area contributed by atoms with E-state index in [1.54, 1.807) is 0 Å². The number of amides is 3. The molecule has 3 atom stereocenters. The van der Waals surface area contributed by atoms with Gasteiger partial charge in [0.15, 0.2) is 0 Å². The van der Waals surface area contributed by atoms with Gasteiger partial charge in [-0.3, -0.25) is 4.79 Å². The predicted octanol–water partition coefficient (Wildman–Crippen LogP) is 2.36. The molecule has 6 fully saturated rings. The third-order valence-corrected chi connectivity index (χ3v) is 8.36. The van der Waals surface area contributed by atoms with Crippen LogP contribution in [-0.2, 0) is 4.79 Å². The van der Waals surface area contributed by atoms with Crippen molar-refractivity contribution in [3.8, 4) is 0 Å². The molecule has 6 heteroatoms. The summed E-state index contributed by atoms with van der Waals surface area (Å²) in [5.74, 6) is 1.47. The molecule has 6 aliphatic rings. The maximum Gasteiger partial charge on any atom is 0.320 e. The summed E-state index contributed by atoms with van der Waals surface area (Å²) in [4.78, 5) is 30.2. The number of piperidine rings is 2. The lowest BCUT2D eigenvalue weighted by Gasteiger charge is -2.58. The molecule has 0 aromatic rings. The van der Waals surface area contributed by atoms with Crippen LogP contribution in [0.1, 0.15) is 64.2 Å². The number of hydrogen-bond donors (Lipinski definition) is 2. The zero-order valence-electron chi connectivity index (χ0n) is 16.9. The van der Waals surface area contributed by atoms with E-state index in [2.05, 4.69) is 5.32 Å². The summed E-state index contributed by atoms with van der Waals surface area (Å²) in [5, 5.41) is 13.8. The van der Waals surface area contributed by atoms with E-state index in [-0.39, 0.29) is 29.5 Å². The Morgan fingerprint density at radius 3 is 2.29 bits per heavy atom. The van der Waals surface area contributed by atoms with E-state index >= 15 is 0 Å². The summed E-state index contributed by atoms with van der Waals surface area (Å²) in [6.45, 7) is 3.21. The Morgan fingerprint density at radius 2 is 1.57 bits per heavy atom. The van der Waals surface area contributed by atoms with Crippen molar-refractivity contribution < 1.29 is 14.7 Å². The van der Waals surface area contributed by atoms with Gasteiger partial charge in [-0.25, -0.2) is 4.79 Å². The maximum atomic E-state index is 13.3. The monoisotopic (exact) mass is 389 g/mol. The molecule has 2 aliphatic heterocycles. The van der Waals surface area contributed by atoms with Crippen molar-refractivity contribution in [2.45, 2.75) is 76.4 Å². The number of carbonyl (C=O) groups excluding carboxylic acids is 2. The van der Waals surface area contributed by atoms with Crippen LogP contribution in [0.3, 0.4) is 0 Å². The molecular weight excluding hydrogens is 354 g/mol. The van der Waals surface area contributed by atoms with Crippen molar-refractivity contribution in [1.29, 1.82) is 0 Å². The first kappa shape index (κ1) is 18.7. The minimum absolute atomic E-state index is 0.0768. The van der Waals surface area contributed by atoms with Crippen LogP contribution in [0, 0.1) is 23.2 Å². The molecule has 6 nitrogen and oxygen atoms in total. The van der Waals surface area contributed by atoms with E-state index in [0.29, 0.717) is 24.3 Å². The number of nitrogens with zero attached hydrogens (tertiary/aromatic N) is 2. The topological polar surface area (TPSA) is 72.9 Å². The van der Waals surface area contributed by atoms with Crippen LogP contribution < -0.4 is 5.32 Å². The fourth-order valence-electron chi connectivity index (χ4n) is 7.17. The van der Waals surface area contributed by atoms with E-state index in [0.717, 1.165) is 77.4 Å². The Labute approximate surface area is 168 Å². The standard InChI is InChI=1S/C22H35N3O3/c26-19-16-9-15-10-17(19)13-22(11-15,12-16)20(27)23-18-5-4-8-25(14-18)21(28)24-6-2-1-3-7-24/h15-19,26H,1-14H2,(H,23,27)/t15?,16?,17?,18-,19?,22?/m0/s1. The maximum absolute atomic E-state index is 13.3. The highest BCUT2D eigenvalue weighted by molar-refractivity contribution is 5.83. The summed E-state index contributed by atoms with van der Waals surface area (Å²) in [6, 6.07) is 0.240. The van der Waals surface area contributed by atoms with Crippen LogP contribution >= 0.6 is 0 Å². The van der Waals surface area contributed by atoms with Gasteiger partial charge < -0.3 is 20.2 Å². The molecule has 2 N–H and O–H groups in total. The Morgan fingerprint density at radius 1 is 0.893 bits per heavy atom. The first-order chi connectivity index (χ1) is 13.5. The van der Waals surface area contributed by atoms with Gasteiger partial charge in [-0.2, -0.15) is 0 Å². The second kappa shape index (κ2) is 7.19. The third-order valence-electron chi connectivity index (χ3n) is 8.36. The van der Waals surface area contributed by atoms with Gasteiger partial charge in [0, 0.05) is 32.2 Å². The summed E-state index contributed by atoms with van der Waals surface area (Å²) in [7, 11) is 0. The Kier molecular flexibility index (Phi) is 4.80. The average molecular weight is 390 g/mol. The zero-order chi connectivity index (χ0) is 19.3. The highest BCUT2D eigenvalue weighted by Crippen LogP contribution is 2.60. The van der Waals surface area contributed by atoms with Crippen molar-refractivity contribution in [2.24, 2.45) is 23.2 Å². The van der Waals surface area contributed by atoms with Crippen LogP contribution in [0.25, 0.3) is 0 Å². The predicted molar refractivity (Wildman–Crippen MR) is 106 cm³/mol. The Hall–Kier alpha value is -1.30. The second-order valence-electron chi connectivity index (χ2n) is 10.3. The van der Waals surface area contributed by atoms with Gasteiger partial charge in [-0.15, -0.1) is 0 Å². The zero-order valence-corrected chi connectivity index (χ0v) is 16.9. The molecule has 28 heavy (non-hydrogen) atoms. The fourth-order valence-corrected chi connectivity index (χ4v) is 7.17. The van der Waals surface area contributed by atoms with Crippen molar-refractivity contribution >= 4 is 11.9 Å². The summed E-state index contributed by atoms with van der Waals surface area (Å²) < 4.78 is 0. The minimum Gasteiger partial charge on any atom is -0.393 e. The number of aliphatic hydroxyl groups excluding tert-OH is 1. The average Bonchev–Trinajstić information content (AvgIpc) is 2.71. The molecule has 0 aromatic carbocycles. The van der Waals surface area contributed by atoms with Crippen LogP contribution in [0.4, 0.5) is 4.79 Å². The highest BCUT2D eigenvalue weighted by Gasteiger charge is 2.58. The summed E-state index contributed by atoms with van der Waals surface area (Å²) in [5.41, 5.74) is -0.255. The summed E-state index contributed by atoms with van der Waals surface area (Å²) >= 11 is 0. The van der Waals surface area contributed by atoms with Crippen molar-refractivity contribution in [3.05, 3.63) is 0 Å². The normalized spacial score (nSPS) is 42.5. The lowest BCUT2D eigenvalue weighted by molar-refractivity contribution is -0.163. The number of hydrogen-bond acceptors (Lipinski definition) is 3. The first-order valence-corrected chi connectivity index (χ1v) is 11.6. The van der Waals surface area contributed by atoms with E-state index < -0.39 is 0 Å². The van der Waals surface area contributed by atoms with Crippen molar-refractivity contribution in [1.82, 2.24) is 15.1 Å². The largest absolute Gasteiger partial charge is 0.393 e. The number of carbonyl (C=O) groups is 2. The molecular formula is C22H35N3O3. The molecule has 4 aliphatic carbocycles. The lowest BCUT2D eigenvalue weighted by atomic mass is 9.48. The number of rotatable bonds is 2. The molecule has 0 radical (unpaired) electrons. The van der Waals surface area contributed by atoms with Gasteiger partial charge in [0.2, 0.25) is 5.91 Å². The van der Waals surface area contributed by atoms with E-state index in [4.69, 9.17) is 0 Å². The lowest BCUT2D eigenvalue weighted by Crippen LogP contribution is -2.61. The van der Waals surface area contributed by atoms with E-state index in [1.165, 1.54) is 6.42 Å². The van der Waals surface area contributed by atoms with Gasteiger partial charge >= 0.3 is 6.03 Å². The second-order valence-corrected chi connectivity index (χ2v) is 10.3. The van der Waals surface area contributed by atoms with Crippen LogP contribution in [0.2, 0.25) is 0 Å². The smallest absolute Gasteiger partial charge is 0.320 e. The number of likely N-dealkylation sites (tertiary alicyclic amines) is 2. The molecule has 4 bridgehead atoms. The Bertz CT molecular complexity index is 617. The van der Waals surface area contributed by atoms with Gasteiger partial charge in [0.1, 0.15) is 0 Å². The Balaban J connectivity index is 1.21. The third kappa shape index (κ3) is 3.21. The number of urea groups is 1. The SMILES string of the molecule is O=C(N1CCCCC1)N1CCC[C@H](NC(=O)C23CC4CC(C2)C(O)C(C4)C3)C1. The molecule has 0 spiro atoms. The minimum atomic E-state index is -0.255. The van der Waals surface area contributed by atoms with Crippen molar-refractivity contribution in [3.63, 3.8) is 0 Å². The quantitative estimate of drug-likeness (QED) is 0.761. The van der Waals surface area contributed by atoms with Gasteiger partial charge in [-0.05, 0) is 82.0 Å². The van der Waals surface area contributed by atoms with Crippen molar-refractivity contribution in [2.75, 3.05) is 26.2 Å². The highest BCUT2D eigenvalue weighted by atomic mass is 16.3. The molecule has 3 amide bonds. The molecule has 156 valence electrons. The van der Waals surface area contributed by atoms with Gasteiger partial charge in [-0.1, -0.05) is 0 Å². The summed E-state index contributed by atoms with van der Waals surface area (Å²) in [6.07, 6.45) is 10.1. The molecule has 2 heterocycles. The van der Waals surface area contributed by atoms with E-state index in [1.807, 2.05) is 9.80 Å². The number of aliphatic hydroxyl groups is 1. The number of nitrogens with one attached hydrogen (secondary N) is 1. The first-order valence-electron chi connectivity index (χ1n) is 11.6. The van der Waals surface area contributed by atoms with E-state index in [9.17, 15) is 14.7 Å². The van der Waals surface area contributed by atoms with Crippen LogP contribution in [0.5, 0.6) is 0 Å². The molecule has 4 saturated carbocycles.